The van der Waals surface area contributed by atoms with Crippen LogP contribution < -0.4 is 5.32 Å². The SMILES string of the molecule is CNCc1sc(-c2ccc(Br)cc2F)nc1COC. The van der Waals surface area contributed by atoms with Crippen molar-refractivity contribution in [2.45, 2.75) is 13.2 Å². The summed E-state index contributed by atoms with van der Waals surface area (Å²) in [6, 6.07) is 5.00. The fourth-order valence-corrected chi connectivity index (χ4v) is 3.15. The van der Waals surface area contributed by atoms with Gasteiger partial charge in [0, 0.05) is 28.6 Å². The molecule has 0 aliphatic rings. The molecule has 0 radical (unpaired) electrons. The van der Waals surface area contributed by atoms with Crippen molar-refractivity contribution in [3.8, 4) is 10.6 Å². The molecule has 0 bridgehead atoms. The molecule has 0 saturated heterocycles. The first-order valence-electron chi connectivity index (χ1n) is 5.73. The van der Waals surface area contributed by atoms with Gasteiger partial charge >= 0.3 is 0 Å². The molecule has 2 aromatic rings. The van der Waals surface area contributed by atoms with Crippen LogP contribution in [0, 0.1) is 5.82 Å². The van der Waals surface area contributed by atoms with Crippen molar-refractivity contribution in [2.75, 3.05) is 14.2 Å². The Labute approximate surface area is 124 Å². The molecule has 1 N–H and O–H groups in total. The minimum absolute atomic E-state index is 0.275. The molecule has 0 aliphatic carbocycles. The van der Waals surface area contributed by atoms with Crippen LogP contribution in [-0.2, 0) is 17.9 Å². The largest absolute Gasteiger partial charge is 0.378 e. The minimum Gasteiger partial charge on any atom is -0.378 e. The quantitative estimate of drug-likeness (QED) is 0.900. The van der Waals surface area contributed by atoms with Crippen molar-refractivity contribution >= 4 is 27.3 Å². The number of methoxy groups -OCH3 is 1. The van der Waals surface area contributed by atoms with Crippen LogP contribution in [0.3, 0.4) is 0 Å². The molecular formula is C13H14BrFN2OS. The number of ether oxygens (including phenoxy) is 1. The maximum Gasteiger partial charge on any atom is 0.134 e. The average Bonchev–Trinajstić information content (AvgIpc) is 2.73. The molecule has 1 aromatic heterocycles. The molecule has 102 valence electrons. The Kier molecular flexibility index (Phi) is 5.04. The van der Waals surface area contributed by atoms with E-state index in [0.717, 1.165) is 15.0 Å². The highest BCUT2D eigenvalue weighted by molar-refractivity contribution is 9.10. The van der Waals surface area contributed by atoms with Gasteiger partial charge in [0.2, 0.25) is 0 Å². The van der Waals surface area contributed by atoms with Gasteiger partial charge in [0.25, 0.3) is 0 Å². The molecule has 19 heavy (non-hydrogen) atoms. The van der Waals surface area contributed by atoms with E-state index in [9.17, 15) is 4.39 Å². The van der Waals surface area contributed by atoms with E-state index >= 15 is 0 Å². The standard InChI is InChI=1S/C13H14BrFN2OS/c1-16-6-12-11(7-18-2)17-13(19-12)9-4-3-8(14)5-10(9)15/h3-5,16H,6-7H2,1-2H3. The summed E-state index contributed by atoms with van der Waals surface area (Å²) < 4.78 is 19.8. The number of hydrogen-bond acceptors (Lipinski definition) is 4. The van der Waals surface area contributed by atoms with Crippen LogP contribution >= 0.6 is 27.3 Å². The molecule has 0 amide bonds. The topological polar surface area (TPSA) is 34.2 Å². The molecule has 0 aliphatic heterocycles. The van der Waals surface area contributed by atoms with Crippen LogP contribution in [0.2, 0.25) is 0 Å². The Hall–Kier alpha value is -0.820. The smallest absolute Gasteiger partial charge is 0.134 e. The predicted octanol–water partition coefficient (Wildman–Crippen LogP) is 3.58. The first kappa shape index (κ1) is 14.6. The van der Waals surface area contributed by atoms with E-state index in [1.807, 2.05) is 13.1 Å². The summed E-state index contributed by atoms with van der Waals surface area (Å²) in [4.78, 5) is 5.55. The van der Waals surface area contributed by atoms with Crippen molar-refractivity contribution in [3.05, 3.63) is 39.1 Å². The van der Waals surface area contributed by atoms with Gasteiger partial charge in [-0.25, -0.2) is 9.37 Å². The van der Waals surface area contributed by atoms with E-state index < -0.39 is 0 Å². The number of rotatable bonds is 5. The summed E-state index contributed by atoms with van der Waals surface area (Å²) in [6.07, 6.45) is 0. The monoisotopic (exact) mass is 344 g/mol. The predicted molar refractivity (Wildman–Crippen MR) is 78.7 cm³/mol. The van der Waals surface area contributed by atoms with Crippen molar-refractivity contribution in [1.29, 1.82) is 0 Å². The fraction of sp³-hybridized carbons (Fsp3) is 0.308. The molecule has 2 rings (SSSR count). The van der Waals surface area contributed by atoms with E-state index in [4.69, 9.17) is 4.74 Å². The van der Waals surface area contributed by atoms with Gasteiger partial charge in [-0.05, 0) is 25.2 Å². The van der Waals surface area contributed by atoms with Crippen molar-refractivity contribution in [3.63, 3.8) is 0 Å². The second kappa shape index (κ2) is 6.56. The summed E-state index contributed by atoms with van der Waals surface area (Å²) in [5, 5.41) is 3.77. The summed E-state index contributed by atoms with van der Waals surface area (Å²) >= 11 is 4.74. The Morgan fingerprint density at radius 1 is 1.47 bits per heavy atom. The maximum atomic E-state index is 13.9. The Balaban J connectivity index is 2.41. The van der Waals surface area contributed by atoms with Crippen LogP contribution in [0.4, 0.5) is 4.39 Å². The number of benzene rings is 1. The molecular weight excluding hydrogens is 331 g/mol. The molecule has 0 fully saturated rings. The lowest BCUT2D eigenvalue weighted by atomic mass is 10.2. The molecule has 0 unspecified atom stereocenters. The summed E-state index contributed by atoms with van der Waals surface area (Å²) in [5.74, 6) is -0.275. The Morgan fingerprint density at radius 2 is 2.26 bits per heavy atom. The number of hydrogen-bond donors (Lipinski definition) is 1. The fourth-order valence-electron chi connectivity index (χ4n) is 1.71. The Morgan fingerprint density at radius 3 is 2.89 bits per heavy atom. The number of nitrogens with zero attached hydrogens (tertiary/aromatic N) is 1. The van der Waals surface area contributed by atoms with E-state index in [0.29, 0.717) is 23.7 Å². The number of halogens is 2. The highest BCUT2D eigenvalue weighted by Crippen LogP contribution is 2.31. The molecule has 0 atom stereocenters. The number of aromatic nitrogens is 1. The van der Waals surface area contributed by atoms with Crippen LogP contribution in [0.15, 0.2) is 22.7 Å². The van der Waals surface area contributed by atoms with Gasteiger partial charge in [0.15, 0.2) is 0 Å². The van der Waals surface area contributed by atoms with Crippen LogP contribution in [-0.4, -0.2) is 19.1 Å². The Bertz CT molecular complexity index is 550. The van der Waals surface area contributed by atoms with Gasteiger partial charge in [-0.1, -0.05) is 15.9 Å². The van der Waals surface area contributed by atoms with Crippen molar-refractivity contribution < 1.29 is 9.13 Å². The first-order valence-corrected chi connectivity index (χ1v) is 7.34. The summed E-state index contributed by atoms with van der Waals surface area (Å²) in [7, 11) is 3.50. The molecule has 1 heterocycles. The third-order valence-corrected chi connectivity index (χ3v) is 4.18. The normalized spacial score (nSPS) is 10.9. The number of nitrogens with one attached hydrogen (secondary N) is 1. The lowest BCUT2D eigenvalue weighted by Crippen LogP contribution is -2.06. The zero-order chi connectivity index (χ0) is 13.8. The number of thiazole rings is 1. The molecule has 3 nitrogen and oxygen atoms in total. The van der Waals surface area contributed by atoms with Gasteiger partial charge < -0.3 is 10.1 Å². The lowest BCUT2D eigenvalue weighted by molar-refractivity contribution is 0.181. The van der Waals surface area contributed by atoms with Crippen molar-refractivity contribution in [2.24, 2.45) is 0 Å². The molecule has 0 saturated carbocycles. The first-order chi connectivity index (χ1) is 9.15. The van der Waals surface area contributed by atoms with Gasteiger partial charge in [-0.15, -0.1) is 11.3 Å². The van der Waals surface area contributed by atoms with Crippen LogP contribution in [0.5, 0.6) is 0 Å². The van der Waals surface area contributed by atoms with E-state index in [2.05, 4.69) is 26.2 Å². The molecule has 1 aromatic carbocycles. The average molecular weight is 345 g/mol. The van der Waals surface area contributed by atoms with Gasteiger partial charge in [-0.2, -0.15) is 0 Å². The molecule has 6 heteroatoms. The van der Waals surface area contributed by atoms with Gasteiger partial charge in [0.1, 0.15) is 10.8 Å². The van der Waals surface area contributed by atoms with E-state index in [-0.39, 0.29) is 5.82 Å². The lowest BCUT2D eigenvalue weighted by Gasteiger charge is -1.99. The van der Waals surface area contributed by atoms with Gasteiger partial charge in [0.05, 0.1) is 12.3 Å². The second-order valence-electron chi connectivity index (χ2n) is 3.98. The van der Waals surface area contributed by atoms with Crippen molar-refractivity contribution in [1.82, 2.24) is 10.3 Å². The zero-order valence-electron chi connectivity index (χ0n) is 10.7. The maximum absolute atomic E-state index is 13.9. The van der Waals surface area contributed by atoms with Crippen LogP contribution in [0.1, 0.15) is 10.6 Å². The highest BCUT2D eigenvalue weighted by atomic mass is 79.9. The third-order valence-electron chi connectivity index (χ3n) is 2.56. The summed E-state index contributed by atoms with van der Waals surface area (Å²) in [5.41, 5.74) is 1.38. The highest BCUT2D eigenvalue weighted by Gasteiger charge is 2.14. The zero-order valence-corrected chi connectivity index (χ0v) is 13.1. The second-order valence-corrected chi connectivity index (χ2v) is 5.98. The third kappa shape index (κ3) is 3.39. The molecule has 0 spiro atoms. The minimum atomic E-state index is -0.275. The van der Waals surface area contributed by atoms with E-state index in [1.165, 1.54) is 17.4 Å². The van der Waals surface area contributed by atoms with Crippen LogP contribution in [0.25, 0.3) is 10.6 Å². The summed E-state index contributed by atoms with van der Waals surface area (Å²) in [6.45, 7) is 1.14. The van der Waals surface area contributed by atoms with E-state index in [1.54, 1.807) is 13.2 Å². The van der Waals surface area contributed by atoms with Gasteiger partial charge in [-0.3, -0.25) is 0 Å².